The third-order valence-corrected chi connectivity index (χ3v) is 4.17. The predicted molar refractivity (Wildman–Crippen MR) is 79.4 cm³/mol. The molecule has 0 unspecified atom stereocenters. The average molecular weight is 278 g/mol. The summed E-state index contributed by atoms with van der Waals surface area (Å²) >= 11 is 1.61. The van der Waals surface area contributed by atoms with Crippen LogP contribution in [-0.2, 0) is 0 Å². The van der Waals surface area contributed by atoms with Crippen molar-refractivity contribution in [3.63, 3.8) is 0 Å². The van der Waals surface area contributed by atoms with Crippen LogP contribution in [0.15, 0.2) is 6.07 Å². The van der Waals surface area contributed by atoms with Gasteiger partial charge in [0.2, 0.25) is 0 Å². The van der Waals surface area contributed by atoms with E-state index in [1.807, 2.05) is 33.8 Å². The second-order valence-electron chi connectivity index (χ2n) is 4.97. The molecule has 0 saturated heterocycles. The third-order valence-electron chi connectivity index (χ3n) is 3.21. The fourth-order valence-electron chi connectivity index (χ4n) is 2.38. The van der Waals surface area contributed by atoms with Crippen molar-refractivity contribution in [2.24, 2.45) is 0 Å². The molecule has 0 radical (unpaired) electrons. The fourth-order valence-corrected chi connectivity index (χ4v) is 3.31. The molecule has 19 heavy (non-hydrogen) atoms. The summed E-state index contributed by atoms with van der Waals surface area (Å²) in [5.74, 6) is -0.120. The molecule has 1 rings (SSSR count). The number of hydrogen-bond donors (Lipinski definition) is 1. The fraction of sp³-hybridized carbons (Fsp3) is 0.600. The van der Waals surface area contributed by atoms with Crippen LogP contribution in [0.25, 0.3) is 0 Å². The smallest absolute Gasteiger partial charge is 0.253 e. The van der Waals surface area contributed by atoms with Gasteiger partial charge in [-0.3, -0.25) is 4.79 Å². The Morgan fingerprint density at radius 3 is 2.32 bits per heavy atom. The number of nitriles is 1. The highest BCUT2D eigenvalue weighted by atomic mass is 32.1. The number of carbonyl (C=O) groups excluding carboxylic acids is 1. The zero-order valence-corrected chi connectivity index (χ0v) is 13.0. The van der Waals surface area contributed by atoms with Gasteiger partial charge in [-0.25, -0.2) is 0 Å². The number of amides is 1. The maximum Gasteiger partial charge on any atom is 0.253 e. The molecule has 0 atom stereocenters. The van der Waals surface area contributed by atoms with Gasteiger partial charge in [0.05, 0.1) is 11.6 Å². The monoisotopic (exact) mass is 278 g/mol. The molecule has 1 amide bonds. The van der Waals surface area contributed by atoms with Gasteiger partial charge in [-0.05, 0) is 32.8 Å². The zero-order valence-electron chi connectivity index (χ0n) is 12.2. The van der Waals surface area contributed by atoms with Crippen LogP contribution in [0.5, 0.6) is 0 Å². The number of hydrogen-bond acceptors (Lipinski definition) is 3. The van der Waals surface area contributed by atoms with Crippen LogP contribution in [0.2, 0.25) is 0 Å². The minimum absolute atomic E-state index is 0.120. The minimum atomic E-state index is -0.719. The molecule has 0 fully saturated rings. The van der Waals surface area contributed by atoms with E-state index >= 15 is 0 Å². The van der Waals surface area contributed by atoms with Gasteiger partial charge in [-0.15, -0.1) is 11.3 Å². The Balaban J connectivity index is 2.94. The first-order chi connectivity index (χ1) is 8.98. The molecule has 0 bridgehead atoms. The van der Waals surface area contributed by atoms with Crippen LogP contribution in [0.4, 0.5) is 0 Å². The molecule has 1 N–H and O–H groups in total. The van der Waals surface area contributed by atoms with Gasteiger partial charge < -0.3 is 5.32 Å². The van der Waals surface area contributed by atoms with Crippen LogP contribution in [0.1, 0.15) is 59.6 Å². The van der Waals surface area contributed by atoms with E-state index in [0.717, 1.165) is 22.6 Å². The molecule has 0 aliphatic rings. The lowest BCUT2D eigenvalue weighted by molar-refractivity contribution is 0.0911. The van der Waals surface area contributed by atoms with Gasteiger partial charge in [0.15, 0.2) is 0 Å². The van der Waals surface area contributed by atoms with Gasteiger partial charge in [-0.2, -0.15) is 5.26 Å². The molecular formula is C15H22N2OS. The molecular weight excluding hydrogens is 256 g/mol. The molecule has 0 aliphatic carbocycles. The Morgan fingerprint density at radius 2 is 1.95 bits per heavy atom. The van der Waals surface area contributed by atoms with E-state index in [9.17, 15) is 10.1 Å². The normalized spacial score (nSPS) is 11.1. The summed E-state index contributed by atoms with van der Waals surface area (Å²) in [5, 5.41) is 12.4. The van der Waals surface area contributed by atoms with Gasteiger partial charge in [0.25, 0.3) is 5.91 Å². The molecule has 104 valence electrons. The molecule has 1 heterocycles. The molecule has 0 saturated carbocycles. The van der Waals surface area contributed by atoms with Crippen molar-refractivity contribution in [3.8, 4) is 6.07 Å². The number of nitrogens with one attached hydrogen (secondary N) is 1. The second-order valence-corrected chi connectivity index (χ2v) is 6.44. The lowest BCUT2D eigenvalue weighted by Crippen LogP contribution is -2.47. The highest BCUT2D eigenvalue weighted by molar-refractivity contribution is 7.12. The van der Waals surface area contributed by atoms with Crippen LogP contribution < -0.4 is 5.32 Å². The number of rotatable bonds is 6. The summed E-state index contributed by atoms with van der Waals surface area (Å²) in [6.07, 6.45) is 3.17. The van der Waals surface area contributed by atoms with E-state index in [1.54, 1.807) is 11.3 Å². The van der Waals surface area contributed by atoms with Crippen molar-refractivity contribution in [1.82, 2.24) is 5.32 Å². The molecule has 0 spiro atoms. The van der Waals surface area contributed by atoms with Gasteiger partial charge in [0, 0.05) is 9.75 Å². The first-order valence-electron chi connectivity index (χ1n) is 6.78. The molecule has 4 heteroatoms. The predicted octanol–water partition coefficient (Wildman–Crippen LogP) is 3.96. The molecule has 0 aromatic carbocycles. The summed E-state index contributed by atoms with van der Waals surface area (Å²) < 4.78 is 0. The van der Waals surface area contributed by atoms with Crippen LogP contribution in [0.3, 0.4) is 0 Å². The largest absolute Gasteiger partial charge is 0.334 e. The first kappa shape index (κ1) is 15.7. The number of carbonyl (C=O) groups is 1. The van der Waals surface area contributed by atoms with E-state index in [4.69, 9.17) is 0 Å². The van der Waals surface area contributed by atoms with Crippen molar-refractivity contribution in [2.45, 2.75) is 58.9 Å². The lowest BCUT2D eigenvalue weighted by atomic mass is 9.90. The number of aryl methyl sites for hydroxylation is 2. The van der Waals surface area contributed by atoms with Gasteiger partial charge >= 0.3 is 0 Å². The van der Waals surface area contributed by atoms with Crippen LogP contribution >= 0.6 is 11.3 Å². The summed E-state index contributed by atoms with van der Waals surface area (Å²) in [7, 11) is 0. The van der Waals surface area contributed by atoms with Crippen molar-refractivity contribution in [2.75, 3.05) is 0 Å². The highest BCUT2D eigenvalue weighted by Crippen LogP contribution is 2.24. The Morgan fingerprint density at radius 1 is 1.37 bits per heavy atom. The lowest BCUT2D eigenvalue weighted by Gasteiger charge is -2.27. The molecule has 1 aromatic heterocycles. The highest BCUT2D eigenvalue weighted by Gasteiger charge is 2.31. The average Bonchev–Trinajstić information content (AvgIpc) is 2.69. The van der Waals surface area contributed by atoms with E-state index in [-0.39, 0.29) is 5.91 Å². The summed E-state index contributed by atoms with van der Waals surface area (Å²) in [4.78, 5) is 14.5. The Labute approximate surface area is 119 Å². The molecule has 3 nitrogen and oxygen atoms in total. The summed E-state index contributed by atoms with van der Waals surface area (Å²) in [5.41, 5.74) is -0.0163. The minimum Gasteiger partial charge on any atom is -0.334 e. The van der Waals surface area contributed by atoms with E-state index in [1.165, 1.54) is 0 Å². The first-order valence-corrected chi connectivity index (χ1v) is 7.60. The van der Waals surface area contributed by atoms with Crippen molar-refractivity contribution in [3.05, 3.63) is 21.4 Å². The van der Waals surface area contributed by atoms with Crippen molar-refractivity contribution in [1.29, 1.82) is 5.26 Å². The zero-order chi connectivity index (χ0) is 14.5. The standard InChI is InChI=1S/C15H22N2OS/c1-5-7-15(10-16,8-6-2)17-14(18)13-9-11(3)19-12(13)4/h9H,5-8H2,1-4H3,(H,17,18). The summed E-state index contributed by atoms with van der Waals surface area (Å²) in [6.45, 7) is 8.01. The quantitative estimate of drug-likeness (QED) is 0.856. The van der Waals surface area contributed by atoms with Crippen molar-refractivity contribution >= 4 is 17.2 Å². The van der Waals surface area contributed by atoms with Crippen LogP contribution in [-0.4, -0.2) is 11.4 Å². The summed E-state index contributed by atoms with van der Waals surface area (Å²) in [6, 6.07) is 4.21. The molecule has 1 aromatic rings. The maximum absolute atomic E-state index is 12.3. The van der Waals surface area contributed by atoms with E-state index in [2.05, 4.69) is 11.4 Å². The van der Waals surface area contributed by atoms with Gasteiger partial charge in [0.1, 0.15) is 5.54 Å². The maximum atomic E-state index is 12.3. The van der Waals surface area contributed by atoms with Crippen LogP contribution in [0, 0.1) is 25.2 Å². The van der Waals surface area contributed by atoms with Crippen molar-refractivity contribution < 1.29 is 4.79 Å². The van der Waals surface area contributed by atoms with Gasteiger partial charge in [-0.1, -0.05) is 26.7 Å². The van der Waals surface area contributed by atoms with E-state index in [0.29, 0.717) is 18.4 Å². The number of nitrogens with zero attached hydrogens (tertiary/aromatic N) is 1. The molecule has 0 aliphatic heterocycles. The topological polar surface area (TPSA) is 52.9 Å². The SMILES string of the molecule is CCCC(C#N)(CCC)NC(=O)c1cc(C)sc1C. The Bertz CT molecular complexity index is 479. The Kier molecular flexibility index (Phi) is 5.56. The third kappa shape index (κ3) is 3.81. The van der Waals surface area contributed by atoms with E-state index < -0.39 is 5.54 Å². The Hall–Kier alpha value is -1.34. The number of thiophene rings is 1. The second kappa shape index (κ2) is 6.72.